The number of nitrogen functional groups attached to an aromatic ring is 2. The second kappa shape index (κ2) is 24.5. The third-order valence-electron chi connectivity index (χ3n) is 12.5. The van der Waals surface area contributed by atoms with Crippen molar-refractivity contribution in [2.75, 3.05) is 78.9 Å². The van der Waals surface area contributed by atoms with Gasteiger partial charge in [0.2, 0.25) is 17.8 Å². The Balaban J connectivity index is 0.000000175. The highest BCUT2D eigenvalue weighted by atomic mass is 19.1. The van der Waals surface area contributed by atoms with Gasteiger partial charge in [0.05, 0.1) is 22.9 Å². The van der Waals surface area contributed by atoms with Crippen LogP contribution in [-0.2, 0) is 9.59 Å². The van der Waals surface area contributed by atoms with Crippen molar-refractivity contribution in [3.8, 4) is 45.3 Å². The van der Waals surface area contributed by atoms with Gasteiger partial charge in [-0.1, -0.05) is 72.8 Å². The smallest absolute Gasteiger partial charge is 0.328 e. The number of carboxylic acid groups (broad SMARTS) is 1. The number of halogens is 2. The number of para-hydroxylation sites is 2. The fourth-order valence-corrected chi connectivity index (χ4v) is 8.93. The number of likely N-dealkylation sites (N-methyl/N-ethyl adjacent to an activating group) is 2. The van der Waals surface area contributed by atoms with E-state index in [0.29, 0.717) is 101 Å². The van der Waals surface area contributed by atoms with E-state index in [9.17, 15) is 9.59 Å². The molecule has 6 heterocycles. The molecule has 2 aliphatic heterocycles. The van der Waals surface area contributed by atoms with Crippen LogP contribution in [0.2, 0.25) is 0 Å². The summed E-state index contributed by atoms with van der Waals surface area (Å²) in [6.07, 6.45) is 10.3. The van der Waals surface area contributed by atoms with Gasteiger partial charge in [0.1, 0.15) is 58.6 Å². The van der Waals surface area contributed by atoms with Crippen LogP contribution in [0, 0.1) is 11.9 Å². The number of anilines is 2. The molecular weight excluding hydrogens is 959 g/mol. The van der Waals surface area contributed by atoms with Crippen LogP contribution in [0.1, 0.15) is 24.9 Å². The SMILES string of the molecule is CN(C)C/C=C/C(=O)N1CC[C@@H](n2c(F)c(-c3ccc(Oc4ccccc4)cc3)c3c(N)ncnc32)C1.CN(C)C/C=C/C(=O)O.Nc1ncnc2c1c(-c1ccc(Oc3ccccc3)cc1)c(F)n2[C@@H]1CCNC1. The average molecular weight is 1020 g/mol. The molecule has 2 aliphatic rings. The standard InChI is InChI=1S/C28H29FN6O2.C22H20FN5O.C6H11NO2/c1-33(2)15-6-9-23(36)34-16-14-20(17-34)35-26(29)24(25-27(30)31-18-32-28(25)35)19-10-12-22(13-11-19)37-21-7-4-3-5-8-21;23-20-18(14-6-8-17(9-7-14)29-16-4-2-1-3-5-16)19-21(24)26-13-27-22(19)28(20)15-10-11-25-12-15;1-7(2)5-3-4-6(8)9/h3-13,18,20H,14-17H2,1-2H3,(H2,30,31,32);1-9,13,15,25H,10-12H2,(H2,24,26,27);3-4H,5H2,1-2H3,(H,8,9)/b9-6+;;4-3+/t20-;15-;/m11./s1. The molecule has 2 saturated heterocycles. The van der Waals surface area contributed by atoms with Crippen molar-refractivity contribution >= 4 is 45.6 Å². The first-order valence-corrected chi connectivity index (χ1v) is 24.4. The molecule has 0 bridgehead atoms. The minimum atomic E-state index is -0.892. The second-order valence-corrected chi connectivity index (χ2v) is 18.4. The van der Waals surface area contributed by atoms with Gasteiger partial charge in [0.25, 0.3) is 0 Å². The third kappa shape index (κ3) is 12.8. The number of ether oxygens (including phenoxy) is 2. The molecule has 0 spiro atoms. The Bertz CT molecular complexity index is 3270. The topological polar surface area (TPSA) is 208 Å². The lowest BCUT2D eigenvalue weighted by molar-refractivity contribution is -0.131. The highest BCUT2D eigenvalue weighted by Crippen LogP contribution is 2.41. The van der Waals surface area contributed by atoms with Crippen molar-refractivity contribution in [1.29, 1.82) is 0 Å². The number of carbonyl (C=O) groups excluding carboxylic acids is 1. The van der Waals surface area contributed by atoms with Crippen LogP contribution in [0.4, 0.5) is 20.4 Å². The number of carbonyl (C=O) groups is 2. The summed E-state index contributed by atoms with van der Waals surface area (Å²) < 4.78 is 46.7. The summed E-state index contributed by atoms with van der Waals surface area (Å²) in [4.78, 5) is 45.1. The van der Waals surface area contributed by atoms with Crippen molar-refractivity contribution in [2.24, 2.45) is 0 Å². The molecule has 0 unspecified atom stereocenters. The minimum Gasteiger partial charge on any atom is -0.478 e. The van der Waals surface area contributed by atoms with E-state index < -0.39 is 11.9 Å². The lowest BCUT2D eigenvalue weighted by Crippen LogP contribution is -2.28. The second-order valence-electron chi connectivity index (χ2n) is 18.4. The lowest BCUT2D eigenvalue weighted by Gasteiger charge is -2.16. The molecule has 4 aromatic carbocycles. The number of amides is 1. The summed E-state index contributed by atoms with van der Waals surface area (Å²) in [5.41, 5.74) is 15.4. The first-order chi connectivity index (χ1) is 36.3. The Labute approximate surface area is 433 Å². The summed E-state index contributed by atoms with van der Waals surface area (Å²) in [5, 5.41) is 12.4. The first-order valence-electron chi connectivity index (χ1n) is 24.4. The van der Waals surface area contributed by atoms with Crippen LogP contribution in [0.3, 0.4) is 0 Å². The number of nitrogens with zero attached hydrogens (tertiary/aromatic N) is 9. The van der Waals surface area contributed by atoms with Gasteiger partial charge in [-0.2, -0.15) is 8.78 Å². The van der Waals surface area contributed by atoms with Crippen molar-refractivity contribution < 1.29 is 33.0 Å². The molecule has 0 radical (unpaired) electrons. The third-order valence-corrected chi connectivity index (χ3v) is 12.5. The van der Waals surface area contributed by atoms with Crippen LogP contribution in [0.25, 0.3) is 44.3 Å². The number of rotatable bonds is 14. The van der Waals surface area contributed by atoms with Gasteiger partial charge in [0, 0.05) is 56.0 Å². The van der Waals surface area contributed by atoms with Crippen molar-refractivity contribution in [1.82, 2.24) is 49.1 Å². The maximum atomic E-state index is 16.2. The molecule has 0 aliphatic carbocycles. The normalized spacial score (nSPS) is 15.4. The predicted molar refractivity (Wildman–Crippen MR) is 287 cm³/mol. The Morgan fingerprint density at radius 2 is 1.11 bits per heavy atom. The van der Waals surface area contributed by atoms with Gasteiger partial charge in [-0.05, 0) is 107 Å². The summed E-state index contributed by atoms with van der Waals surface area (Å²) in [6, 6.07) is 33.2. The average Bonchev–Trinajstić information content (AvgIpc) is 4.22. The van der Waals surface area contributed by atoms with Gasteiger partial charge < -0.3 is 46.1 Å². The zero-order valence-electron chi connectivity index (χ0n) is 42.2. The van der Waals surface area contributed by atoms with Gasteiger partial charge in [-0.25, -0.2) is 24.7 Å². The zero-order chi connectivity index (χ0) is 53.0. The molecule has 0 saturated carbocycles. The number of likely N-dealkylation sites (tertiary alicyclic amines) is 1. The van der Waals surface area contributed by atoms with Crippen molar-refractivity contribution in [2.45, 2.75) is 24.9 Å². The molecule has 8 aromatic rings. The molecule has 2 fully saturated rings. The Morgan fingerprint density at radius 1 is 0.653 bits per heavy atom. The molecule has 6 N–H and O–H groups in total. The number of nitrogens with two attached hydrogens (primary N) is 2. The molecular formula is C56H60F2N12O5. The number of hydrogen-bond donors (Lipinski definition) is 4. The van der Waals surface area contributed by atoms with E-state index in [1.165, 1.54) is 12.7 Å². The summed E-state index contributed by atoms with van der Waals surface area (Å²) in [7, 11) is 7.64. The Kier molecular flexibility index (Phi) is 17.2. The maximum absolute atomic E-state index is 16.2. The van der Waals surface area contributed by atoms with Crippen LogP contribution >= 0.6 is 0 Å². The highest BCUT2D eigenvalue weighted by Gasteiger charge is 2.33. The summed E-state index contributed by atoms with van der Waals surface area (Å²) in [5.74, 6) is 1.50. The van der Waals surface area contributed by atoms with E-state index in [-0.39, 0.29) is 35.6 Å². The van der Waals surface area contributed by atoms with Crippen LogP contribution in [0.15, 0.2) is 146 Å². The van der Waals surface area contributed by atoms with E-state index in [2.05, 4.69) is 25.3 Å². The van der Waals surface area contributed by atoms with Crippen LogP contribution in [0.5, 0.6) is 23.0 Å². The number of aliphatic carboxylic acids is 1. The monoisotopic (exact) mass is 1020 g/mol. The fourth-order valence-electron chi connectivity index (χ4n) is 8.93. The van der Waals surface area contributed by atoms with Gasteiger partial charge in [-0.15, -0.1) is 0 Å². The molecule has 4 aromatic heterocycles. The molecule has 19 heteroatoms. The van der Waals surface area contributed by atoms with Crippen LogP contribution < -0.4 is 26.3 Å². The maximum Gasteiger partial charge on any atom is 0.328 e. The van der Waals surface area contributed by atoms with Crippen molar-refractivity contribution in [3.05, 3.63) is 158 Å². The first kappa shape index (κ1) is 52.8. The quantitative estimate of drug-likeness (QED) is 0.0751. The molecule has 2 atom stereocenters. The number of hydrogen-bond acceptors (Lipinski definition) is 13. The lowest BCUT2D eigenvalue weighted by atomic mass is 10.1. The molecule has 75 heavy (non-hydrogen) atoms. The number of benzene rings is 4. The van der Waals surface area contributed by atoms with Gasteiger partial charge in [0.15, 0.2) is 0 Å². The summed E-state index contributed by atoms with van der Waals surface area (Å²) in [6.45, 7) is 3.83. The van der Waals surface area contributed by atoms with Crippen molar-refractivity contribution in [3.63, 3.8) is 0 Å². The number of carboxylic acids is 1. The predicted octanol–water partition coefficient (Wildman–Crippen LogP) is 8.84. The van der Waals surface area contributed by atoms with E-state index in [4.69, 9.17) is 26.0 Å². The fraction of sp³-hybridized carbons (Fsp3) is 0.250. The Morgan fingerprint density at radius 3 is 1.55 bits per heavy atom. The van der Waals surface area contributed by atoms with Crippen LogP contribution in [-0.4, -0.2) is 128 Å². The van der Waals surface area contributed by atoms with Gasteiger partial charge >= 0.3 is 5.97 Å². The highest BCUT2D eigenvalue weighted by molar-refractivity contribution is 6.02. The molecule has 388 valence electrons. The largest absolute Gasteiger partial charge is 0.478 e. The zero-order valence-corrected chi connectivity index (χ0v) is 42.2. The van der Waals surface area contributed by atoms with Gasteiger partial charge in [-0.3, -0.25) is 13.9 Å². The number of fused-ring (bicyclic) bond motifs is 2. The molecule has 1 amide bonds. The minimum absolute atomic E-state index is 0.00115. The Hall–Kier alpha value is -8.52. The molecule has 10 rings (SSSR count). The van der Waals surface area contributed by atoms with E-state index in [1.54, 1.807) is 50.5 Å². The summed E-state index contributed by atoms with van der Waals surface area (Å²) >= 11 is 0. The van der Waals surface area contributed by atoms with E-state index in [1.807, 2.05) is 129 Å². The van der Waals surface area contributed by atoms with E-state index in [0.717, 1.165) is 24.8 Å². The number of aromatic nitrogens is 6. The number of nitrogens with one attached hydrogen (secondary N) is 1. The van der Waals surface area contributed by atoms with E-state index >= 15 is 8.78 Å². The molecule has 17 nitrogen and oxygen atoms in total.